The molecule has 1 saturated heterocycles. The van der Waals surface area contributed by atoms with Gasteiger partial charge in [-0.3, -0.25) is 9.69 Å². The van der Waals surface area contributed by atoms with Crippen molar-refractivity contribution >= 4 is 15.8 Å². The minimum atomic E-state index is -3.03. The van der Waals surface area contributed by atoms with Crippen molar-refractivity contribution < 1.29 is 18.3 Å². The second kappa shape index (κ2) is 6.58. The quantitative estimate of drug-likeness (QED) is 0.865. The van der Waals surface area contributed by atoms with Crippen LogP contribution in [-0.2, 0) is 14.6 Å². The van der Waals surface area contributed by atoms with E-state index in [0.29, 0.717) is 6.42 Å². The summed E-state index contributed by atoms with van der Waals surface area (Å²) in [7, 11) is -3.03. The Morgan fingerprint density at radius 2 is 2.05 bits per heavy atom. The van der Waals surface area contributed by atoms with Gasteiger partial charge in [0.25, 0.3) is 0 Å². The summed E-state index contributed by atoms with van der Waals surface area (Å²) in [6.45, 7) is 1.86. The second-order valence-electron chi connectivity index (χ2n) is 5.46. The molecule has 116 valence electrons. The van der Waals surface area contributed by atoms with Crippen molar-refractivity contribution in [2.24, 2.45) is 0 Å². The number of benzene rings is 1. The number of hydrogen-bond acceptors (Lipinski definition) is 4. The van der Waals surface area contributed by atoms with Gasteiger partial charge in [-0.2, -0.15) is 0 Å². The first-order valence-corrected chi connectivity index (χ1v) is 8.98. The van der Waals surface area contributed by atoms with Gasteiger partial charge in [-0.15, -0.1) is 0 Å². The number of hydrogen-bond donors (Lipinski definition) is 1. The van der Waals surface area contributed by atoms with E-state index in [4.69, 9.17) is 0 Å². The average Bonchev–Trinajstić information content (AvgIpc) is 2.79. The molecule has 0 aliphatic carbocycles. The predicted molar refractivity (Wildman–Crippen MR) is 80.9 cm³/mol. The number of carboxylic acid groups (broad SMARTS) is 1. The number of carboxylic acids is 1. The highest BCUT2D eigenvalue weighted by Gasteiger charge is 2.36. The number of sulfone groups is 1. The maximum Gasteiger partial charge on any atom is 0.317 e. The van der Waals surface area contributed by atoms with Crippen LogP contribution in [0.2, 0.25) is 0 Å². The van der Waals surface area contributed by atoms with E-state index in [9.17, 15) is 18.3 Å². The molecular weight excluding hydrogens is 290 g/mol. The summed E-state index contributed by atoms with van der Waals surface area (Å²) in [5, 5.41) is 9.17. The van der Waals surface area contributed by atoms with Crippen molar-refractivity contribution in [2.45, 2.75) is 31.8 Å². The van der Waals surface area contributed by atoms with E-state index >= 15 is 0 Å². The van der Waals surface area contributed by atoms with Crippen molar-refractivity contribution in [1.82, 2.24) is 4.90 Å². The van der Waals surface area contributed by atoms with Crippen LogP contribution in [0.5, 0.6) is 0 Å². The summed E-state index contributed by atoms with van der Waals surface area (Å²) in [6.07, 6.45) is 1.26. The Morgan fingerprint density at radius 1 is 1.38 bits per heavy atom. The van der Waals surface area contributed by atoms with Crippen LogP contribution in [-0.4, -0.2) is 48.5 Å². The third-order valence-electron chi connectivity index (χ3n) is 3.97. The lowest BCUT2D eigenvalue weighted by atomic mass is 10.0. The van der Waals surface area contributed by atoms with Gasteiger partial charge in [0.05, 0.1) is 18.1 Å². The Kier molecular flexibility index (Phi) is 5.00. The van der Waals surface area contributed by atoms with Crippen LogP contribution in [0.1, 0.15) is 31.4 Å². The maximum absolute atomic E-state index is 11.7. The zero-order chi connectivity index (χ0) is 15.5. The Hall–Kier alpha value is -1.40. The summed E-state index contributed by atoms with van der Waals surface area (Å²) in [6, 6.07) is 9.40. The highest BCUT2D eigenvalue weighted by atomic mass is 32.2. The van der Waals surface area contributed by atoms with E-state index in [0.717, 1.165) is 12.0 Å². The normalized spacial score (nSPS) is 22.3. The van der Waals surface area contributed by atoms with Crippen LogP contribution >= 0.6 is 0 Å². The minimum Gasteiger partial charge on any atom is -0.480 e. The first-order valence-electron chi connectivity index (χ1n) is 7.16. The highest BCUT2D eigenvalue weighted by molar-refractivity contribution is 7.91. The molecule has 0 spiro atoms. The van der Waals surface area contributed by atoms with Gasteiger partial charge < -0.3 is 5.11 Å². The molecule has 6 heteroatoms. The van der Waals surface area contributed by atoms with E-state index in [1.54, 1.807) is 0 Å². The second-order valence-corrected chi connectivity index (χ2v) is 7.69. The molecule has 1 N–H and O–H groups in total. The van der Waals surface area contributed by atoms with E-state index in [2.05, 4.69) is 0 Å². The summed E-state index contributed by atoms with van der Waals surface area (Å²) < 4.78 is 23.4. The van der Waals surface area contributed by atoms with Crippen LogP contribution < -0.4 is 0 Å². The zero-order valence-corrected chi connectivity index (χ0v) is 12.9. The van der Waals surface area contributed by atoms with Gasteiger partial charge in [-0.05, 0) is 18.4 Å². The summed E-state index contributed by atoms with van der Waals surface area (Å²) in [5.74, 6) is -0.712. The predicted octanol–water partition coefficient (Wildman–Crippen LogP) is 1.71. The molecule has 1 aromatic rings. The lowest BCUT2D eigenvalue weighted by molar-refractivity contribution is -0.139. The van der Waals surface area contributed by atoms with Crippen molar-refractivity contribution in [1.29, 1.82) is 0 Å². The first kappa shape index (κ1) is 16.0. The fraction of sp³-hybridized carbons (Fsp3) is 0.533. The maximum atomic E-state index is 11.7. The topological polar surface area (TPSA) is 74.7 Å². The number of carbonyl (C=O) groups is 1. The molecule has 5 nitrogen and oxygen atoms in total. The largest absolute Gasteiger partial charge is 0.480 e. The van der Waals surface area contributed by atoms with Crippen LogP contribution in [0, 0.1) is 0 Å². The monoisotopic (exact) mass is 311 g/mol. The van der Waals surface area contributed by atoms with E-state index < -0.39 is 15.8 Å². The SMILES string of the molecule is CCC(c1ccccc1)N(CC(=O)O)C1CCS(=O)(=O)C1. The van der Waals surface area contributed by atoms with Crippen LogP contribution in [0.25, 0.3) is 0 Å². The highest BCUT2D eigenvalue weighted by Crippen LogP contribution is 2.30. The van der Waals surface area contributed by atoms with Gasteiger partial charge in [0.15, 0.2) is 9.84 Å². The molecule has 1 heterocycles. The van der Waals surface area contributed by atoms with Crippen molar-refractivity contribution in [3.63, 3.8) is 0 Å². The Balaban J connectivity index is 2.28. The van der Waals surface area contributed by atoms with E-state index in [-0.39, 0.29) is 30.1 Å². The lowest BCUT2D eigenvalue weighted by Gasteiger charge is -2.34. The fourth-order valence-electron chi connectivity index (χ4n) is 3.02. The van der Waals surface area contributed by atoms with Crippen molar-refractivity contribution in [3.05, 3.63) is 35.9 Å². The third kappa shape index (κ3) is 4.04. The Bertz CT molecular complexity index is 585. The molecule has 1 aliphatic rings. The van der Waals surface area contributed by atoms with Gasteiger partial charge in [-0.25, -0.2) is 8.42 Å². The number of rotatable bonds is 6. The third-order valence-corrected chi connectivity index (χ3v) is 5.72. The molecule has 0 radical (unpaired) electrons. The molecule has 0 saturated carbocycles. The Morgan fingerprint density at radius 3 is 2.52 bits per heavy atom. The Labute approximate surface area is 125 Å². The summed E-state index contributed by atoms with van der Waals surface area (Å²) in [5.41, 5.74) is 1.03. The molecule has 1 fully saturated rings. The van der Waals surface area contributed by atoms with E-state index in [1.165, 1.54) is 0 Å². The molecule has 0 amide bonds. The molecule has 2 atom stereocenters. The number of aliphatic carboxylic acids is 1. The van der Waals surface area contributed by atoms with Crippen LogP contribution in [0.3, 0.4) is 0 Å². The molecule has 1 aliphatic heterocycles. The average molecular weight is 311 g/mol. The standard InChI is InChI=1S/C15H21NO4S/c1-2-14(12-6-4-3-5-7-12)16(10-15(17)18)13-8-9-21(19,20)11-13/h3-7,13-14H,2,8-11H2,1H3,(H,17,18). The molecule has 2 unspecified atom stereocenters. The van der Waals surface area contributed by atoms with Crippen molar-refractivity contribution in [2.75, 3.05) is 18.1 Å². The van der Waals surface area contributed by atoms with Gasteiger partial charge >= 0.3 is 5.97 Å². The summed E-state index contributed by atoms with van der Waals surface area (Å²) >= 11 is 0. The number of nitrogens with zero attached hydrogens (tertiary/aromatic N) is 1. The van der Waals surface area contributed by atoms with Crippen LogP contribution in [0.15, 0.2) is 30.3 Å². The summed E-state index contributed by atoms with van der Waals surface area (Å²) in [4.78, 5) is 13.0. The van der Waals surface area contributed by atoms with Crippen LogP contribution in [0.4, 0.5) is 0 Å². The van der Waals surface area contributed by atoms with Crippen molar-refractivity contribution in [3.8, 4) is 0 Å². The molecular formula is C15H21NO4S. The van der Waals surface area contributed by atoms with E-state index in [1.807, 2.05) is 42.2 Å². The minimum absolute atomic E-state index is 0.0591. The van der Waals surface area contributed by atoms with Gasteiger partial charge in [-0.1, -0.05) is 37.3 Å². The lowest BCUT2D eigenvalue weighted by Crippen LogP contribution is -2.42. The molecule has 1 aromatic carbocycles. The van der Waals surface area contributed by atoms with Gasteiger partial charge in [0.1, 0.15) is 0 Å². The van der Waals surface area contributed by atoms with Gasteiger partial charge in [0.2, 0.25) is 0 Å². The molecule has 2 rings (SSSR count). The zero-order valence-electron chi connectivity index (χ0n) is 12.1. The van der Waals surface area contributed by atoms with Gasteiger partial charge in [0, 0.05) is 12.1 Å². The first-order chi connectivity index (χ1) is 9.93. The smallest absolute Gasteiger partial charge is 0.317 e. The molecule has 0 aromatic heterocycles. The molecule has 0 bridgehead atoms. The fourth-order valence-corrected chi connectivity index (χ4v) is 4.77. The molecule has 21 heavy (non-hydrogen) atoms.